The van der Waals surface area contributed by atoms with E-state index in [1.807, 2.05) is 0 Å². The molecule has 0 bridgehead atoms. The number of amides is 1. The Balaban J connectivity index is 2.97. The fraction of sp³-hybridized carbons (Fsp3) is 0.500. The van der Waals surface area contributed by atoms with Gasteiger partial charge in [0.25, 0.3) is 5.91 Å². The van der Waals surface area contributed by atoms with Gasteiger partial charge in [-0.15, -0.1) is 11.6 Å². The highest BCUT2D eigenvalue weighted by molar-refractivity contribution is 6.18. The number of hydrogen-bond donors (Lipinski definition) is 0. The molecule has 0 N–H and O–H groups in total. The van der Waals surface area contributed by atoms with Gasteiger partial charge in [0.15, 0.2) is 0 Å². The first-order valence-corrected chi connectivity index (χ1v) is 6.77. The molecule has 0 aliphatic carbocycles. The van der Waals surface area contributed by atoms with Gasteiger partial charge < -0.3 is 19.1 Å². The molecule has 1 aromatic carbocycles. The summed E-state index contributed by atoms with van der Waals surface area (Å²) in [6, 6.07) is 5.08. The van der Waals surface area contributed by atoms with Crippen LogP contribution in [0.15, 0.2) is 18.2 Å². The number of nitrogens with zero attached hydrogens (tertiary/aromatic N) is 1. The molecule has 0 heterocycles. The first-order chi connectivity index (χ1) is 9.65. The minimum Gasteiger partial charge on any atom is -0.497 e. The summed E-state index contributed by atoms with van der Waals surface area (Å²) in [4.78, 5) is 14.1. The van der Waals surface area contributed by atoms with E-state index in [1.54, 1.807) is 44.4 Å². The molecule has 112 valence electrons. The molecule has 1 rings (SSSR count). The number of carbonyl (C=O) groups excluding carboxylic acids is 1. The molecule has 6 heteroatoms. The Labute approximate surface area is 124 Å². The van der Waals surface area contributed by atoms with E-state index in [0.717, 1.165) is 0 Å². The zero-order chi connectivity index (χ0) is 15.0. The summed E-state index contributed by atoms with van der Waals surface area (Å²) in [6.45, 7) is 1.41. The molecule has 0 aliphatic heterocycles. The van der Waals surface area contributed by atoms with Crippen LogP contribution in [0.4, 0.5) is 0 Å². The van der Waals surface area contributed by atoms with Gasteiger partial charge in [-0.3, -0.25) is 4.79 Å². The first-order valence-electron chi connectivity index (χ1n) is 6.23. The van der Waals surface area contributed by atoms with Crippen molar-refractivity contribution in [1.82, 2.24) is 4.90 Å². The van der Waals surface area contributed by atoms with E-state index >= 15 is 0 Å². The number of ether oxygens (including phenoxy) is 3. The molecule has 1 aromatic rings. The van der Waals surface area contributed by atoms with E-state index in [2.05, 4.69) is 0 Å². The van der Waals surface area contributed by atoms with Crippen LogP contribution < -0.4 is 9.47 Å². The molecule has 0 saturated carbocycles. The highest BCUT2D eigenvalue weighted by Crippen LogP contribution is 2.23. The molecule has 0 aliphatic rings. The van der Waals surface area contributed by atoms with Crippen LogP contribution in [-0.4, -0.2) is 57.7 Å². The van der Waals surface area contributed by atoms with Crippen LogP contribution in [0.2, 0.25) is 0 Å². The summed E-state index contributed by atoms with van der Waals surface area (Å²) in [5.41, 5.74) is 0.502. The number of hydrogen-bond acceptors (Lipinski definition) is 4. The Hall–Kier alpha value is -1.46. The van der Waals surface area contributed by atoms with Gasteiger partial charge in [-0.05, 0) is 12.1 Å². The summed E-state index contributed by atoms with van der Waals surface area (Å²) >= 11 is 5.74. The average molecular weight is 302 g/mol. The van der Waals surface area contributed by atoms with Crippen LogP contribution in [0.5, 0.6) is 11.5 Å². The van der Waals surface area contributed by atoms with Gasteiger partial charge in [-0.2, -0.15) is 0 Å². The number of rotatable bonds is 8. The van der Waals surface area contributed by atoms with Crippen LogP contribution in [0, 0.1) is 0 Å². The Morgan fingerprint density at radius 3 is 2.15 bits per heavy atom. The van der Waals surface area contributed by atoms with Crippen molar-refractivity contribution in [3.8, 4) is 11.5 Å². The summed E-state index contributed by atoms with van der Waals surface area (Å²) in [6.07, 6.45) is 0. The van der Waals surface area contributed by atoms with Crippen molar-refractivity contribution in [2.24, 2.45) is 0 Å². The van der Waals surface area contributed by atoms with Crippen LogP contribution >= 0.6 is 11.6 Å². The van der Waals surface area contributed by atoms with Gasteiger partial charge >= 0.3 is 0 Å². The molecule has 0 saturated heterocycles. The van der Waals surface area contributed by atoms with Gasteiger partial charge in [-0.1, -0.05) is 0 Å². The predicted octanol–water partition coefficient (Wildman–Crippen LogP) is 2.03. The molecule has 0 radical (unpaired) electrons. The number of benzene rings is 1. The fourth-order valence-electron chi connectivity index (χ4n) is 1.73. The van der Waals surface area contributed by atoms with Crippen LogP contribution in [-0.2, 0) is 4.74 Å². The second-order valence-electron chi connectivity index (χ2n) is 4.08. The quantitative estimate of drug-likeness (QED) is 0.689. The Bertz CT molecular complexity index is 417. The highest BCUT2D eigenvalue weighted by Gasteiger charge is 2.17. The number of halogens is 1. The lowest BCUT2D eigenvalue weighted by molar-refractivity contribution is 0.0707. The maximum absolute atomic E-state index is 12.5. The zero-order valence-corrected chi connectivity index (χ0v) is 12.8. The number of carbonyl (C=O) groups is 1. The van der Waals surface area contributed by atoms with Gasteiger partial charge in [0.2, 0.25) is 0 Å². The summed E-state index contributed by atoms with van der Waals surface area (Å²) in [5, 5.41) is 0. The van der Waals surface area contributed by atoms with Crippen molar-refractivity contribution >= 4 is 17.5 Å². The maximum Gasteiger partial charge on any atom is 0.254 e. The van der Waals surface area contributed by atoms with E-state index in [1.165, 1.54) is 0 Å². The first kappa shape index (κ1) is 16.6. The molecule has 0 unspecified atom stereocenters. The van der Waals surface area contributed by atoms with E-state index in [4.69, 9.17) is 25.8 Å². The van der Waals surface area contributed by atoms with Gasteiger partial charge in [-0.25, -0.2) is 0 Å². The fourth-order valence-corrected chi connectivity index (χ4v) is 1.94. The van der Waals surface area contributed by atoms with Crippen molar-refractivity contribution in [2.75, 3.05) is 46.9 Å². The van der Waals surface area contributed by atoms with Crippen molar-refractivity contribution in [1.29, 1.82) is 0 Å². The second kappa shape index (κ2) is 8.66. The van der Waals surface area contributed by atoms with Gasteiger partial charge in [0, 0.05) is 37.7 Å². The molecule has 20 heavy (non-hydrogen) atoms. The topological polar surface area (TPSA) is 48.0 Å². The largest absolute Gasteiger partial charge is 0.497 e. The van der Waals surface area contributed by atoms with E-state index in [-0.39, 0.29) is 5.91 Å². The third-order valence-electron chi connectivity index (χ3n) is 2.81. The maximum atomic E-state index is 12.5. The third-order valence-corrected chi connectivity index (χ3v) is 2.97. The smallest absolute Gasteiger partial charge is 0.254 e. The molecule has 0 spiro atoms. The van der Waals surface area contributed by atoms with Crippen LogP contribution in [0.1, 0.15) is 10.4 Å². The molecule has 1 amide bonds. The van der Waals surface area contributed by atoms with E-state index in [0.29, 0.717) is 42.6 Å². The molecular weight excluding hydrogens is 282 g/mol. The van der Waals surface area contributed by atoms with Crippen molar-refractivity contribution in [3.63, 3.8) is 0 Å². The normalized spacial score (nSPS) is 10.2. The lowest BCUT2D eigenvalue weighted by Crippen LogP contribution is -2.35. The molecule has 0 aromatic heterocycles. The Kier molecular flexibility index (Phi) is 7.18. The summed E-state index contributed by atoms with van der Waals surface area (Å²) in [5.74, 6) is 1.40. The zero-order valence-electron chi connectivity index (χ0n) is 12.0. The second-order valence-corrected chi connectivity index (χ2v) is 4.45. The SMILES string of the molecule is COCCN(CCCl)C(=O)c1cc(OC)cc(OC)c1. The van der Waals surface area contributed by atoms with Crippen molar-refractivity contribution in [2.45, 2.75) is 0 Å². The third kappa shape index (κ3) is 4.58. The number of methoxy groups -OCH3 is 3. The molecule has 5 nitrogen and oxygen atoms in total. The molecule has 0 atom stereocenters. The van der Waals surface area contributed by atoms with Crippen molar-refractivity contribution in [3.05, 3.63) is 23.8 Å². The summed E-state index contributed by atoms with van der Waals surface area (Å²) in [7, 11) is 4.69. The van der Waals surface area contributed by atoms with E-state index < -0.39 is 0 Å². The van der Waals surface area contributed by atoms with Gasteiger partial charge in [0.1, 0.15) is 11.5 Å². The Morgan fingerprint density at radius 1 is 1.10 bits per heavy atom. The standard InChI is InChI=1S/C14H20ClNO4/c1-18-7-6-16(5-4-15)14(17)11-8-12(19-2)10-13(9-11)20-3/h8-10H,4-7H2,1-3H3. The molecule has 0 fully saturated rings. The number of alkyl halides is 1. The lowest BCUT2D eigenvalue weighted by Gasteiger charge is -2.21. The van der Waals surface area contributed by atoms with E-state index in [9.17, 15) is 4.79 Å². The van der Waals surface area contributed by atoms with Crippen LogP contribution in [0.3, 0.4) is 0 Å². The minimum atomic E-state index is -0.125. The summed E-state index contributed by atoms with van der Waals surface area (Å²) < 4.78 is 15.3. The van der Waals surface area contributed by atoms with Gasteiger partial charge in [0.05, 0.1) is 20.8 Å². The molecular formula is C14H20ClNO4. The Morgan fingerprint density at radius 2 is 1.70 bits per heavy atom. The predicted molar refractivity (Wildman–Crippen MR) is 78.0 cm³/mol. The van der Waals surface area contributed by atoms with Crippen LogP contribution in [0.25, 0.3) is 0 Å². The minimum absolute atomic E-state index is 0.125. The highest BCUT2D eigenvalue weighted by atomic mass is 35.5. The van der Waals surface area contributed by atoms with Crippen molar-refractivity contribution < 1.29 is 19.0 Å². The lowest BCUT2D eigenvalue weighted by atomic mass is 10.1. The average Bonchev–Trinajstić information content (AvgIpc) is 2.50. The monoisotopic (exact) mass is 301 g/mol.